The van der Waals surface area contributed by atoms with E-state index in [0.717, 1.165) is 51.4 Å². The summed E-state index contributed by atoms with van der Waals surface area (Å²) in [4.78, 5) is 13.3. The van der Waals surface area contributed by atoms with E-state index in [9.17, 15) is 4.39 Å². The van der Waals surface area contributed by atoms with Gasteiger partial charge in [0.15, 0.2) is 5.82 Å². The highest BCUT2D eigenvalue weighted by molar-refractivity contribution is 5.78. The smallest absolute Gasteiger partial charge is 0.157 e. The number of fused-ring (bicyclic) bond motifs is 1. The standard InChI is InChI=1S/C24H22FN7/c1-4-19-20(30-31(3)24(19)16-7-9-17(25)10-8-16)12-18-13-22(28-14-27-18)32-21-6-5-11-26-23(21)15(2)29-32/h5-11,13-14H,4,12H2,1-3H3. The zero-order valence-corrected chi connectivity index (χ0v) is 18.1. The monoisotopic (exact) mass is 427 g/mol. The maximum Gasteiger partial charge on any atom is 0.157 e. The summed E-state index contributed by atoms with van der Waals surface area (Å²) in [5.74, 6) is 0.438. The van der Waals surface area contributed by atoms with Gasteiger partial charge in [0.25, 0.3) is 0 Å². The fourth-order valence-electron chi connectivity index (χ4n) is 4.15. The average molecular weight is 427 g/mol. The van der Waals surface area contributed by atoms with E-state index in [1.54, 1.807) is 29.3 Å². The molecule has 5 rings (SSSR count). The van der Waals surface area contributed by atoms with Crippen LogP contribution in [0.25, 0.3) is 28.1 Å². The minimum Gasteiger partial charge on any atom is -0.267 e. The second-order valence-corrected chi connectivity index (χ2v) is 7.67. The number of aryl methyl sites for hydroxylation is 2. The second kappa shape index (κ2) is 7.96. The number of hydrogen-bond acceptors (Lipinski definition) is 5. The van der Waals surface area contributed by atoms with Crippen molar-refractivity contribution in [2.45, 2.75) is 26.7 Å². The van der Waals surface area contributed by atoms with Crippen molar-refractivity contribution in [1.29, 1.82) is 0 Å². The molecule has 5 aromatic rings. The molecular weight excluding hydrogens is 405 g/mol. The van der Waals surface area contributed by atoms with Gasteiger partial charge in [-0.05, 0) is 49.7 Å². The first-order chi connectivity index (χ1) is 15.5. The summed E-state index contributed by atoms with van der Waals surface area (Å²) in [6, 6.07) is 12.3. The predicted molar refractivity (Wildman–Crippen MR) is 120 cm³/mol. The maximum atomic E-state index is 13.4. The van der Waals surface area contributed by atoms with E-state index in [0.29, 0.717) is 12.2 Å². The van der Waals surface area contributed by atoms with Gasteiger partial charge in [-0.3, -0.25) is 9.67 Å². The Labute approximate surface area is 184 Å². The first-order valence-corrected chi connectivity index (χ1v) is 10.5. The molecule has 4 aromatic heterocycles. The molecule has 0 N–H and O–H groups in total. The third kappa shape index (κ3) is 3.43. The summed E-state index contributed by atoms with van der Waals surface area (Å²) in [5, 5.41) is 9.38. The fraction of sp³-hybridized carbons (Fsp3) is 0.208. The summed E-state index contributed by atoms with van der Waals surface area (Å²) in [5.41, 5.74) is 7.47. The first kappa shape index (κ1) is 20.0. The molecule has 7 nitrogen and oxygen atoms in total. The summed E-state index contributed by atoms with van der Waals surface area (Å²) in [7, 11) is 1.92. The Morgan fingerprint density at radius 1 is 1.00 bits per heavy atom. The number of aromatic nitrogens is 7. The van der Waals surface area contributed by atoms with Gasteiger partial charge in [0.1, 0.15) is 17.7 Å². The van der Waals surface area contributed by atoms with Gasteiger partial charge in [-0.15, -0.1) is 0 Å². The Bertz CT molecular complexity index is 1420. The molecule has 0 unspecified atom stereocenters. The number of rotatable bonds is 5. The van der Waals surface area contributed by atoms with Crippen LogP contribution in [0.3, 0.4) is 0 Å². The van der Waals surface area contributed by atoms with Gasteiger partial charge in [-0.1, -0.05) is 6.92 Å². The molecular formula is C24H22FN7. The van der Waals surface area contributed by atoms with Gasteiger partial charge in [0.2, 0.25) is 0 Å². The van der Waals surface area contributed by atoms with Gasteiger partial charge in [-0.25, -0.2) is 19.0 Å². The Hall–Kier alpha value is -3.94. The lowest BCUT2D eigenvalue weighted by molar-refractivity contribution is 0.628. The number of hydrogen-bond donors (Lipinski definition) is 0. The van der Waals surface area contributed by atoms with E-state index < -0.39 is 0 Å². The van der Waals surface area contributed by atoms with Crippen LogP contribution in [0.1, 0.15) is 29.6 Å². The zero-order chi connectivity index (χ0) is 22.2. The summed E-state index contributed by atoms with van der Waals surface area (Å²) in [6.45, 7) is 4.04. The summed E-state index contributed by atoms with van der Waals surface area (Å²) >= 11 is 0. The SMILES string of the molecule is CCc1c(Cc2cc(-n3nc(C)c4ncccc43)ncn2)nn(C)c1-c1ccc(F)cc1. The molecule has 0 atom stereocenters. The third-order valence-corrected chi connectivity index (χ3v) is 5.58. The molecule has 0 amide bonds. The molecule has 0 aliphatic carbocycles. The van der Waals surface area contributed by atoms with Crippen LogP contribution in [0, 0.1) is 12.7 Å². The van der Waals surface area contributed by atoms with Crippen molar-refractivity contribution in [2.24, 2.45) is 7.05 Å². The van der Waals surface area contributed by atoms with Crippen molar-refractivity contribution in [3.8, 4) is 17.1 Å². The molecule has 8 heteroatoms. The van der Waals surface area contributed by atoms with E-state index in [-0.39, 0.29) is 5.82 Å². The van der Waals surface area contributed by atoms with Crippen LogP contribution in [0.15, 0.2) is 55.0 Å². The van der Waals surface area contributed by atoms with E-state index in [4.69, 9.17) is 5.10 Å². The Morgan fingerprint density at radius 3 is 2.59 bits per heavy atom. The Morgan fingerprint density at radius 2 is 1.81 bits per heavy atom. The van der Waals surface area contributed by atoms with Crippen LogP contribution in [0.2, 0.25) is 0 Å². The van der Waals surface area contributed by atoms with E-state index in [1.807, 2.05) is 36.9 Å². The number of benzene rings is 1. The van der Waals surface area contributed by atoms with Crippen molar-refractivity contribution in [3.05, 3.63) is 83.5 Å². The Kier molecular flexibility index (Phi) is 4.97. The van der Waals surface area contributed by atoms with Gasteiger partial charge in [0.05, 0.1) is 28.3 Å². The molecule has 0 saturated heterocycles. The first-order valence-electron chi connectivity index (χ1n) is 10.5. The lowest BCUT2D eigenvalue weighted by Crippen LogP contribution is -2.04. The fourth-order valence-corrected chi connectivity index (χ4v) is 4.15. The molecule has 0 radical (unpaired) electrons. The normalized spacial score (nSPS) is 11.4. The topological polar surface area (TPSA) is 74.3 Å². The number of halogens is 1. The van der Waals surface area contributed by atoms with Crippen LogP contribution in [0.4, 0.5) is 4.39 Å². The van der Waals surface area contributed by atoms with Crippen LogP contribution in [-0.2, 0) is 19.9 Å². The summed E-state index contributed by atoms with van der Waals surface area (Å²) < 4.78 is 17.1. The molecule has 4 heterocycles. The van der Waals surface area contributed by atoms with Gasteiger partial charge in [-0.2, -0.15) is 10.2 Å². The van der Waals surface area contributed by atoms with Gasteiger partial charge >= 0.3 is 0 Å². The van der Waals surface area contributed by atoms with E-state index in [1.165, 1.54) is 12.1 Å². The zero-order valence-electron chi connectivity index (χ0n) is 18.1. The lowest BCUT2D eigenvalue weighted by Gasteiger charge is -2.07. The molecule has 0 saturated carbocycles. The molecule has 160 valence electrons. The van der Waals surface area contributed by atoms with Crippen molar-refractivity contribution < 1.29 is 4.39 Å². The maximum absolute atomic E-state index is 13.4. The van der Waals surface area contributed by atoms with Crippen molar-refractivity contribution in [2.75, 3.05) is 0 Å². The van der Waals surface area contributed by atoms with Crippen LogP contribution in [0.5, 0.6) is 0 Å². The molecule has 0 bridgehead atoms. The molecule has 0 spiro atoms. The third-order valence-electron chi connectivity index (χ3n) is 5.58. The quantitative estimate of drug-likeness (QED) is 0.420. The largest absolute Gasteiger partial charge is 0.267 e. The number of nitrogens with zero attached hydrogens (tertiary/aromatic N) is 7. The highest BCUT2D eigenvalue weighted by Gasteiger charge is 2.18. The average Bonchev–Trinajstić information content (AvgIpc) is 3.31. The molecule has 0 aliphatic rings. The van der Waals surface area contributed by atoms with Crippen molar-refractivity contribution in [1.82, 2.24) is 34.5 Å². The summed E-state index contributed by atoms with van der Waals surface area (Å²) in [6.07, 6.45) is 4.69. The van der Waals surface area contributed by atoms with E-state index >= 15 is 0 Å². The molecule has 1 aromatic carbocycles. The van der Waals surface area contributed by atoms with Crippen molar-refractivity contribution >= 4 is 11.0 Å². The van der Waals surface area contributed by atoms with Crippen LogP contribution >= 0.6 is 0 Å². The minimum absolute atomic E-state index is 0.251. The number of pyridine rings is 1. The second-order valence-electron chi connectivity index (χ2n) is 7.67. The molecule has 32 heavy (non-hydrogen) atoms. The molecule has 0 aliphatic heterocycles. The van der Waals surface area contributed by atoms with Gasteiger partial charge in [0, 0.05) is 36.9 Å². The van der Waals surface area contributed by atoms with Crippen LogP contribution < -0.4 is 0 Å². The molecule has 0 fully saturated rings. The minimum atomic E-state index is -0.251. The van der Waals surface area contributed by atoms with Crippen molar-refractivity contribution in [3.63, 3.8) is 0 Å². The predicted octanol–water partition coefficient (Wildman–Crippen LogP) is 4.21. The van der Waals surface area contributed by atoms with E-state index in [2.05, 4.69) is 27.0 Å². The van der Waals surface area contributed by atoms with Gasteiger partial charge < -0.3 is 0 Å². The van der Waals surface area contributed by atoms with Crippen LogP contribution in [-0.4, -0.2) is 34.5 Å². The highest BCUT2D eigenvalue weighted by Crippen LogP contribution is 2.28. The Balaban J connectivity index is 1.53. The highest BCUT2D eigenvalue weighted by atomic mass is 19.1. The lowest BCUT2D eigenvalue weighted by atomic mass is 10.0.